The van der Waals surface area contributed by atoms with Gasteiger partial charge in [-0.1, -0.05) is 40.2 Å². The molecule has 1 amide bonds. The third kappa shape index (κ3) is 5.39. The highest BCUT2D eigenvalue weighted by atomic mass is 79.9. The average Bonchev–Trinajstić information content (AvgIpc) is 2.63. The molecule has 1 fully saturated rings. The van der Waals surface area contributed by atoms with Crippen LogP contribution in [0.2, 0.25) is 0 Å². The maximum Gasteiger partial charge on any atom is 0.251 e. The summed E-state index contributed by atoms with van der Waals surface area (Å²) in [7, 11) is 0. The van der Waals surface area contributed by atoms with E-state index in [9.17, 15) is 9.90 Å². The molecule has 0 radical (unpaired) electrons. The summed E-state index contributed by atoms with van der Waals surface area (Å²) in [5.41, 5.74) is 3.01. The molecule has 1 aliphatic rings. The molecule has 3 rings (SSSR count). The van der Waals surface area contributed by atoms with E-state index in [1.165, 1.54) is 5.56 Å². The Bertz CT molecular complexity index is 693. The zero-order valence-electron chi connectivity index (χ0n) is 14.1. The van der Waals surface area contributed by atoms with Gasteiger partial charge in [0.2, 0.25) is 0 Å². The summed E-state index contributed by atoms with van der Waals surface area (Å²) in [4.78, 5) is 14.5. The van der Waals surface area contributed by atoms with Crippen molar-refractivity contribution in [3.05, 3.63) is 69.7 Å². The number of amides is 1. The van der Waals surface area contributed by atoms with Gasteiger partial charge in [0, 0.05) is 36.2 Å². The van der Waals surface area contributed by atoms with Gasteiger partial charge in [0.1, 0.15) is 0 Å². The topological polar surface area (TPSA) is 52.6 Å². The van der Waals surface area contributed by atoms with Crippen LogP contribution in [0.1, 0.15) is 34.3 Å². The van der Waals surface area contributed by atoms with Crippen molar-refractivity contribution in [3.63, 3.8) is 0 Å². The van der Waals surface area contributed by atoms with E-state index in [1.807, 2.05) is 12.1 Å². The molecular formula is C20H23BrN2O2. The highest BCUT2D eigenvalue weighted by Crippen LogP contribution is 2.14. The molecule has 2 aromatic rings. The number of aliphatic hydroxyl groups is 1. The summed E-state index contributed by atoms with van der Waals surface area (Å²) in [6.07, 6.45) is 1.59. The number of benzene rings is 2. The molecular weight excluding hydrogens is 380 g/mol. The van der Waals surface area contributed by atoms with Crippen LogP contribution in [0.5, 0.6) is 0 Å². The van der Waals surface area contributed by atoms with Gasteiger partial charge in [-0.15, -0.1) is 0 Å². The van der Waals surface area contributed by atoms with Crippen molar-refractivity contribution in [2.45, 2.75) is 32.0 Å². The van der Waals surface area contributed by atoms with Crippen LogP contribution in [0.4, 0.5) is 0 Å². The number of rotatable bonds is 5. The Hall–Kier alpha value is -1.69. The molecule has 2 aromatic carbocycles. The Morgan fingerprint density at radius 1 is 1.04 bits per heavy atom. The van der Waals surface area contributed by atoms with E-state index < -0.39 is 0 Å². The summed E-state index contributed by atoms with van der Waals surface area (Å²) in [6, 6.07) is 15.7. The third-order valence-electron chi connectivity index (χ3n) is 4.55. The fourth-order valence-electron chi connectivity index (χ4n) is 2.98. The lowest BCUT2D eigenvalue weighted by atomic mass is 10.1. The molecule has 2 N–H and O–H groups in total. The van der Waals surface area contributed by atoms with Gasteiger partial charge in [0.25, 0.3) is 5.91 Å². The van der Waals surface area contributed by atoms with Crippen molar-refractivity contribution in [2.75, 3.05) is 13.1 Å². The van der Waals surface area contributed by atoms with Crippen molar-refractivity contribution in [1.82, 2.24) is 10.2 Å². The van der Waals surface area contributed by atoms with Crippen molar-refractivity contribution >= 4 is 21.8 Å². The van der Waals surface area contributed by atoms with Crippen LogP contribution in [-0.4, -0.2) is 35.1 Å². The summed E-state index contributed by atoms with van der Waals surface area (Å²) >= 11 is 3.37. The SMILES string of the molecule is O=C(NCc1ccc(CN2CCC(O)CC2)cc1)c1ccc(Br)cc1. The average molecular weight is 403 g/mol. The Balaban J connectivity index is 1.49. The van der Waals surface area contributed by atoms with Crippen LogP contribution < -0.4 is 5.32 Å². The van der Waals surface area contributed by atoms with Gasteiger partial charge in [-0.2, -0.15) is 0 Å². The molecule has 1 saturated heterocycles. The number of hydrogen-bond donors (Lipinski definition) is 2. The predicted octanol–water partition coefficient (Wildman–Crippen LogP) is 3.34. The second kappa shape index (κ2) is 8.61. The molecule has 25 heavy (non-hydrogen) atoms. The summed E-state index contributed by atoms with van der Waals surface area (Å²) < 4.78 is 0.961. The van der Waals surface area contributed by atoms with Gasteiger partial charge in [-0.25, -0.2) is 0 Å². The van der Waals surface area contributed by atoms with Gasteiger partial charge >= 0.3 is 0 Å². The number of carbonyl (C=O) groups is 1. The van der Waals surface area contributed by atoms with E-state index in [-0.39, 0.29) is 12.0 Å². The van der Waals surface area contributed by atoms with Crippen LogP contribution in [0.3, 0.4) is 0 Å². The maximum absolute atomic E-state index is 12.1. The first-order valence-electron chi connectivity index (χ1n) is 8.62. The van der Waals surface area contributed by atoms with E-state index in [0.717, 1.165) is 42.5 Å². The summed E-state index contributed by atoms with van der Waals surface area (Å²) in [5.74, 6) is -0.0662. The van der Waals surface area contributed by atoms with Crippen molar-refractivity contribution in [2.24, 2.45) is 0 Å². The van der Waals surface area contributed by atoms with Crippen LogP contribution in [0, 0.1) is 0 Å². The number of aliphatic hydroxyl groups excluding tert-OH is 1. The standard InChI is InChI=1S/C20H23BrN2O2/c21-18-7-5-17(6-8-18)20(25)22-13-15-1-3-16(4-2-15)14-23-11-9-19(24)10-12-23/h1-8,19,24H,9-14H2,(H,22,25). The molecule has 0 atom stereocenters. The molecule has 1 aliphatic heterocycles. The monoisotopic (exact) mass is 402 g/mol. The lowest BCUT2D eigenvalue weighted by molar-refractivity contribution is 0.0792. The Kier molecular flexibility index (Phi) is 6.24. The van der Waals surface area contributed by atoms with Gasteiger partial charge in [0.15, 0.2) is 0 Å². The second-order valence-corrected chi connectivity index (χ2v) is 7.43. The largest absolute Gasteiger partial charge is 0.393 e. The first kappa shape index (κ1) is 18.1. The lowest BCUT2D eigenvalue weighted by Gasteiger charge is -2.29. The molecule has 5 heteroatoms. The minimum atomic E-state index is -0.132. The van der Waals surface area contributed by atoms with Crippen LogP contribution in [-0.2, 0) is 13.1 Å². The van der Waals surface area contributed by atoms with Gasteiger partial charge in [-0.3, -0.25) is 9.69 Å². The van der Waals surface area contributed by atoms with Gasteiger partial charge in [-0.05, 0) is 48.2 Å². The smallest absolute Gasteiger partial charge is 0.251 e. The molecule has 0 saturated carbocycles. The normalized spacial score (nSPS) is 15.9. The zero-order chi connectivity index (χ0) is 17.6. The number of piperidine rings is 1. The Morgan fingerprint density at radius 3 is 2.28 bits per heavy atom. The Labute approximate surface area is 157 Å². The Morgan fingerprint density at radius 2 is 1.64 bits per heavy atom. The summed E-state index contributed by atoms with van der Waals surface area (Å²) in [5, 5.41) is 12.5. The van der Waals surface area contributed by atoms with Gasteiger partial charge in [0.05, 0.1) is 6.10 Å². The van der Waals surface area contributed by atoms with E-state index in [1.54, 1.807) is 12.1 Å². The quantitative estimate of drug-likeness (QED) is 0.806. The van der Waals surface area contributed by atoms with Crippen molar-refractivity contribution < 1.29 is 9.90 Å². The number of nitrogens with zero attached hydrogens (tertiary/aromatic N) is 1. The number of hydrogen-bond acceptors (Lipinski definition) is 3. The van der Waals surface area contributed by atoms with Gasteiger partial charge < -0.3 is 10.4 Å². The molecule has 132 valence electrons. The maximum atomic E-state index is 12.1. The van der Waals surface area contributed by atoms with Crippen LogP contribution in [0.15, 0.2) is 53.0 Å². The third-order valence-corrected chi connectivity index (χ3v) is 5.07. The first-order valence-corrected chi connectivity index (χ1v) is 9.41. The molecule has 0 spiro atoms. The highest BCUT2D eigenvalue weighted by Gasteiger charge is 2.16. The van der Waals surface area contributed by atoms with Crippen LogP contribution >= 0.6 is 15.9 Å². The molecule has 1 heterocycles. The minimum absolute atomic E-state index is 0.0662. The number of likely N-dealkylation sites (tertiary alicyclic amines) is 1. The molecule has 4 nitrogen and oxygen atoms in total. The number of halogens is 1. The molecule has 0 aliphatic carbocycles. The van der Waals surface area contributed by atoms with E-state index >= 15 is 0 Å². The van der Waals surface area contributed by atoms with Crippen molar-refractivity contribution in [1.29, 1.82) is 0 Å². The number of nitrogens with one attached hydrogen (secondary N) is 1. The molecule has 0 aromatic heterocycles. The van der Waals surface area contributed by atoms with Crippen LogP contribution in [0.25, 0.3) is 0 Å². The predicted molar refractivity (Wildman–Crippen MR) is 102 cm³/mol. The lowest BCUT2D eigenvalue weighted by Crippen LogP contribution is -2.35. The highest BCUT2D eigenvalue weighted by molar-refractivity contribution is 9.10. The summed E-state index contributed by atoms with van der Waals surface area (Å²) in [6.45, 7) is 3.33. The van der Waals surface area contributed by atoms with E-state index in [0.29, 0.717) is 12.1 Å². The van der Waals surface area contributed by atoms with E-state index in [2.05, 4.69) is 50.4 Å². The fraction of sp³-hybridized carbons (Fsp3) is 0.350. The van der Waals surface area contributed by atoms with E-state index in [4.69, 9.17) is 0 Å². The molecule has 0 unspecified atom stereocenters. The second-order valence-electron chi connectivity index (χ2n) is 6.51. The number of carbonyl (C=O) groups excluding carboxylic acids is 1. The minimum Gasteiger partial charge on any atom is -0.393 e. The fourth-order valence-corrected chi connectivity index (χ4v) is 3.25. The zero-order valence-corrected chi connectivity index (χ0v) is 15.7. The van der Waals surface area contributed by atoms with Crippen molar-refractivity contribution in [3.8, 4) is 0 Å². The molecule has 0 bridgehead atoms. The first-order chi connectivity index (χ1) is 12.1.